The van der Waals surface area contributed by atoms with E-state index in [9.17, 15) is 0 Å². The van der Waals surface area contributed by atoms with Gasteiger partial charge in [-0.1, -0.05) is 0 Å². The smallest absolute Gasteiger partial charge is 1.00 e. The molecule has 0 aromatic heterocycles. The van der Waals surface area contributed by atoms with Crippen LogP contribution in [0.15, 0.2) is 108 Å². The predicted octanol–water partition coefficient (Wildman–Crippen LogP) is 4.09. The maximum Gasteiger partial charge on any atom is -1.00 e. The molecular formula is C34H32Cl2P2Zr. The normalized spacial score (nSPS) is 17.0. The first kappa shape index (κ1) is 30.6. The first-order chi connectivity index (χ1) is 18.0. The quantitative estimate of drug-likeness (QED) is 0.273. The number of benzene rings is 4. The van der Waals surface area contributed by atoms with Gasteiger partial charge in [-0.05, 0) is 0 Å². The minimum atomic E-state index is -0.908. The van der Waals surface area contributed by atoms with Gasteiger partial charge in [0.2, 0.25) is 0 Å². The summed E-state index contributed by atoms with van der Waals surface area (Å²) in [5.74, 6) is 0. The van der Waals surface area contributed by atoms with Crippen LogP contribution in [0.3, 0.4) is 0 Å². The molecule has 2 aliphatic rings. The SMILES string of the molecule is CP(C)C1=Cc2c(-c3ccccc3)cccc2[CH]1[Zr+2][CH]1C(P(C)C)=Cc2c(-c3ccccc3)cccc21.[Cl-].[Cl-]. The number of rotatable bonds is 6. The van der Waals surface area contributed by atoms with Gasteiger partial charge in [0.1, 0.15) is 0 Å². The van der Waals surface area contributed by atoms with Gasteiger partial charge < -0.3 is 24.8 Å². The van der Waals surface area contributed by atoms with Gasteiger partial charge in [0.05, 0.1) is 0 Å². The molecule has 0 nitrogen and oxygen atoms in total. The first-order valence-electron chi connectivity index (χ1n) is 12.9. The third-order valence-electron chi connectivity index (χ3n) is 7.61. The molecule has 196 valence electrons. The fraction of sp³-hybridized carbons (Fsp3) is 0.176. The second-order valence-electron chi connectivity index (χ2n) is 10.3. The Hall–Kier alpha value is -1.32. The topological polar surface area (TPSA) is 0 Å². The van der Waals surface area contributed by atoms with Crippen molar-refractivity contribution in [1.29, 1.82) is 0 Å². The second kappa shape index (κ2) is 13.1. The van der Waals surface area contributed by atoms with E-state index in [1.807, 2.05) is 0 Å². The van der Waals surface area contributed by atoms with Crippen LogP contribution in [0.1, 0.15) is 29.5 Å². The number of hydrogen-bond acceptors (Lipinski definition) is 0. The molecule has 0 bridgehead atoms. The van der Waals surface area contributed by atoms with E-state index < -0.39 is 23.2 Å². The van der Waals surface area contributed by atoms with Crippen LogP contribution in [0.5, 0.6) is 0 Å². The summed E-state index contributed by atoms with van der Waals surface area (Å²) in [5.41, 5.74) is 11.6. The minimum absolute atomic E-state index is 0. The third kappa shape index (κ3) is 5.87. The van der Waals surface area contributed by atoms with E-state index in [2.05, 4.69) is 136 Å². The molecule has 0 radical (unpaired) electrons. The van der Waals surface area contributed by atoms with Crippen molar-refractivity contribution in [3.63, 3.8) is 0 Å². The van der Waals surface area contributed by atoms with Crippen LogP contribution < -0.4 is 24.8 Å². The van der Waals surface area contributed by atoms with Crippen LogP contribution >= 0.6 is 15.8 Å². The van der Waals surface area contributed by atoms with Crippen LogP contribution in [-0.4, -0.2) is 26.7 Å². The summed E-state index contributed by atoms with van der Waals surface area (Å²) in [6, 6.07) is 36.1. The molecule has 0 spiro atoms. The summed E-state index contributed by atoms with van der Waals surface area (Å²) in [5, 5.41) is 3.45. The molecule has 0 fully saturated rings. The predicted molar refractivity (Wildman–Crippen MR) is 163 cm³/mol. The molecule has 0 heterocycles. The number of fused-ring (bicyclic) bond motifs is 2. The van der Waals surface area contributed by atoms with Gasteiger partial charge in [-0.15, -0.1) is 0 Å². The van der Waals surface area contributed by atoms with Gasteiger partial charge in [0.15, 0.2) is 0 Å². The van der Waals surface area contributed by atoms with Gasteiger partial charge in [-0.25, -0.2) is 0 Å². The van der Waals surface area contributed by atoms with Crippen molar-refractivity contribution in [3.05, 3.63) is 130 Å². The van der Waals surface area contributed by atoms with Gasteiger partial charge >= 0.3 is 237 Å². The number of halogens is 2. The maximum atomic E-state index is 2.59. The summed E-state index contributed by atoms with van der Waals surface area (Å²) in [6.45, 7) is 9.84. The van der Waals surface area contributed by atoms with Crippen LogP contribution in [0.2, 0.25) is 0 Å². The molecule has 0 saturated heterocycles. The first-order valence-corrected chi connectivity index (χ1v) is 20.2. The van der Waals surface area contributed by atoms with Crippen molar-refractivity contribution in [2.24, 2.45) is 0 Å². The zero-order valence-corrected chi connectivity index (χ0v) is 28.5. The average Bonchev–Trinajstić information content (AvgIpc) is 3.49. The zero-order valence-electron chi connectivity index (χ0n) is 22.7. The van der Waals surface area contributed by atoms with Crippen molar-refractivity contribution in [2.75, 3.05) is 26.7 Å². The van der Waals surface area contributed by atoms with Gasteiger partial charge in [0, 0.05) is 0 Å². The van der Waals surface area contributed by atoms with Gasteiger partial charge in [-0.2, -0.15) is 0 Å². The molecule has 6 rings (SSSR count). The number of hydrogen-bond donors (Lipinski definition) is 0. The summed E-state index contributed by atoms with van der Waals surface area (Å²) in [6.07, 6.45) is 5.18. The molecular weight excluding hydrogens is 632 g/mol. The Bertz CT molecular complexity index is 1400. The van der Waals surface area contributed by atoms with E-state index in [4.69, 9.17) is 0 Å². The summed E-state index contributed by atoms with van der Waals surface area (Å²) in [4.78, 5) is 0. The Kier molecular flexibility index (Phi) is 10.3. The average molecular weight is 665 g/mol. The molecule has 2 unspecified atom stereocenters. The number of allylic oxidation sites excluding steroid dienone is 2. The van der Waals surface area contributed by atoms with Gasteiger partial charge in [-0.3, -0.25) is 0 Å². The molecule has 0 N–H and O–H groups in total. The van der Waals surface area contributed by atoms with E-state index in [1.165, 1.54) is 33.4 Å². The van der Waals surface area contributed by atoms with E-state index in [1.54, 1.807) is 21.8 Å². The second-order valence-corrected chi connectivity index (χ2v) is 18.6. The van der Waals surface area contributed by atoms with E-state index in [0.29, 0.717) is 7.25 Å². The van der Waals surface area contributed by atoms with Crippen LogP contribution in [0, 0.1) is 0 Å². The zero-order chi connectivity index (χ0) is 25.5. The van der Waals surface area contributed by atoms with Crippen molar-refractivity contribution >= 4 is 28.0 Å². The molecule has 4 aromatic carbocycles. The maximum absolute atomic E-state index is 2.59. The van der Waals surface area contributed by atoms with Gasteiger partial charge in [0.25, 0.3) is 0 Å². The standard InChI is InChI=1S/2C17H16P.2ClH.Zr/c2*1-18(2)15-11-14-9-6-10-16(17(14)12-15)13-7-4-3-5-8-13;;;/h2*3-12H,1-2H3;2*1H;/q;;;;+2/p-2. The summed E-state index contributed by atoms with van der Waals surface area (Å²) in [7, 11) is -0.277. The fourth-order valence-electron chi connectivity index (χ4n) is 5.80. The monoisotopic (exact) mass is 662 g/mol. The third-order valence-corrected chi connectivity index (χ3v) is 16.3. The Labute approximate surface area is 260 Å². The molecule has 39 heavy (non-hydrogen) atoms. The molecule has 0 saturated carbocycles. The molecule has 5 heteroatoms. The van der Waals surface area contributed by atoms with E-state index >= 15 is 0 Å². The van der Waals surface area contributed by atoms with Crippen molar-refractivity contribution in [2.45, 2.75) is 7.25 Å². The molecule has 4 aromatic rings. The Morgan fingerprint density at radius 3 is 1.23 bits per heavy atom. The molecule has 2 atom stereocenters. The van der Waals surface area contributed by atoms with Crippen molar-refractivity contribution in [1.82, 2.24) is 0 Å². The molecule has 0 aliphatic heterocycles. The van der Waals surface area contributed by atoms with Crippen molar-refractivity contribution in [3.8, 4) is 22.3 Å². The summed E-state index contributed by atoms with van der Waals surface area (Å²) >= 11 is -0.908. The van der Waals surface area contributed by atoms with Crippen LogP contribution in [0.4, 0.5) is 0 Å². The minimum Gasteiger partial charge on any atom is -1.00 e. The Balaban J connectivity index is 0.00000176. The van der Waals surface area contributed by atoms with Crippen LogP contribution in [-0.2, 0) is 23.2 Å². The van der Waals surface area contributed by atoms with E-state index in [0.717, 1.165) is 0 Å². The van der Waals surface area contributed by atoms with Crippen LogP contribution in [0.25, 0.3) is 34.4 Å². The largest absolute Gasteiger partial charge is 1.00 e. The molecule has 0 amide bonds. The van der Waals surface area contributed by atoms with E-state index in [-0.39, 0.29) is 40.7 Å². The molecule has 2 aliphatic carbocycles. The Morgan fingerprint density at radius 1 is 0.487 bits per heavy atom. The summed E-state index contributed by atoms with van der Waals surface area (Å²) < 4.78 is 1.30. The Morgan fingerprint density at radius 2 is 0.872 bits per heavy atom. The van der Waals surface area contributed by atoms with Crippen molar-refractivity contribution < 1.29 is 48.0 Å². The fourth-order valence-corrected chi connectivity index (χ4v) is 16.8.